The smallest absolute Gasteiger partial charge is 0.224 e. The third-order valence-corrected chi connectivity index (χ3v) is 5.12. The summed E-state index contributed by atoms with van der Waals surface area (Å²) in [6, 6.07) is 13.3. The van der Waals surface area contributed by atoms with Crippen molar-refractivity contribution in [1.29, 1.82) is 0 Å². The molecule has 2 saturated heterocycles. The van der Waals surface area contributed by atoms with Gasteiger partial charge in [0.15, 0.2) is 0 Å². The molecule has 1 atom stereocenters. The van der Waals surface area contributed by atoms with Crippen LogP contribution in [0.3, 0.4) is 0 Å². The van der Waals surface area contributed by atoms with Crippen LogP contribution in [0.15, 0.2) is 42.6 Å². The van der Waals surface area contributed by atoms with Crippen molar-refractivity contribution in [2.24, 2.45) is 0 Å². The molecule has 4 rings (SSSR count). The third-order valence-electron chi connectivity index (χ3n) is 5.12. The monoisotopic (exact) mass is 353 g/mol. The van der Waals surface area contributed by atoms with Crippen molar-refractivity contribution in [3.8, 4) is 0 Å². The number of ether oxygens (including phenoxy) is 1. The molecule has 1 unspecified atom stereocenters. The van der Waals surface area contributed by atoms with E-state index in [2.05, 4.69) is 55.8 Å². The van der Waals surface area contributed by atoms with Crippen molar-refractivity contribution < 1.29 is 4.74 Å². The van der Waals surface area contributed by atoms with Gasteiger partial charge in [-0.05, 0) is 43.9 Å². The van der Waals surface area contributed by atoms with E-state index in [9.17, 15) is 0 Å². The first kappa shape index (κ1) is 17.1. The summed E-state index contributed by atoms with van der Waals surface area (Å²) in [5.74, 6) is 1.59. The predicted molar refractivity (Wildman–Crippen MR) is 105 cm³/mol. The van der Waals surface area contributed by atoms with E-state index in [-0.39, 0.29) is 0 Å². The minimum Gasteiger partial charge on any atom is -0.379 e. The van der Waals surface area contributed by atoms with Gasteiger partial charge in [0.05, 0.1) is 12.6 Å². The Morgan fingerprint density at radius 3 is 2.58 bits per heavy atom. The number of piperidine rings is 1. The average Bonchev–Trinajstić information content (AvgIpc) is 2.70. The zero-order chi connectivity index (χ0) is 17.6. The molecule has 3 heterocycles. The summed E-state index contributed by atoms with van der Waals surface area (Å²) >= 11 is 0. The van der Waals surface area contributed by atoms with Gasteiger partial charge in [0.25, 0.3) is 0 Å². The molecule has 0 spiro atoms. The lowest BCUT2D eigenvalue weighted by atomic mass is 10.0. The molecule has 0 saturated carbocycles. The highest BCUT2D eigenvalue weighted by atomic mass is 16.5. The van der Waals surface area contributed by atoms with Gasteiger partial charge in [-0.3, -0.25) is 0 Å². The maximum Gasteiger partial charge on any atom is 0.224 e. The number of anilines is 3. The Kier molecular flexibility index (Phi) is 5.50. The van der Waals surface area contributed by atoms with Gasteiger partial charge < -0.3 is 20.3 Å². The number of hydrogen-bond acceptors (Lipinski definition) is 6. The lowest BCUT2D eigenvalue weighted by Crippen LogP contribution is -2.39. The SMILES string of the molecule is c1ccc(N2CCC(Nc3nccc(NC4CCCOC4)n3)CC2)cc1. The molecule has 6 nitrogen and oxygen atoms in total. The van der Waals surface area contributed by atoms with Gasteiger partial charge in [-0.15, -0.1) is 0 Å². The summed E-state index contributed by atoms with van der Waals surface area (Å²) in [4.78, 5) is 11.5. The third kappa shape index (κ3) is 4.43. The normalized spacial score (nSPS) is 21.4. The topological polar surface area (TPSA) is 62.3 Å². The standard InChI is InChI=1S/C20H27N5O/c1-2-6-18(7-3-1)25-12-9-16(10-13-25)23-20-21-11-8-19(24-20)22-17-5-4-14-26-15-17/h1-3,6-8,11,16-17H,4-5,9-10,12-15H2,(H2,21,22,23,24). The number of para-hydroxylation sites is 1. The highest BCUT2D eigenvalue weighted by molar-refractivity contribution is 5.47. The summed E-state index contributed by atoms with van der Waals surface area (Å²) in [6.07, 6.45) is 6.23. The van der Waals surface area contributed by atoms with Gasteiger partial charge in [-0.2, -0.15) is 4.98 Å². The Morgan fingerprint density at radius 2 is 1.81 bits per heavy atom. The summed E-state index contributed by atoms with van der Waals surface area (Å²) in [7, 11) is 0. The van der Waals surface area contributed by atoms with Gasteiger partial charge in [0.2, 0.25) is 5.95 Å². The van der Waals surface area contributed by atoms with Crippen LogP contribution < -0.4 is 15.5 Å². The number of benzene rings is 1. The molecule has 0 aliphatic carbocycles. The van der Waals surface area contributed by atoms with Crippen molar-refractivity contribution in [2.45, 2.75) is 37.8 Å². The zero-order valence-corrected chi connectivity index (χ0v) is 15.1. The second-order valence-electron chi connectivity index (χ2n) is 7.07. The molecular formula is C20H27N5O. The first-order valence-corrected chi connectivity index (χ1v) is 9.61. The fraction of sp³-hybridized carbons (Fsp3) is 0.500. The van der Waals surface area contributed by atoms with Crippen molar-refractivity contribution in [3.05, 3.63) is 42.6 Å². The van der Waals surface area contributed by atoms with Crippen LogP contribution in [0.25, 0.3) is 0 Å². The summed E-state index contributed by atoms with van der Waals surface area (Å²) in [5, 5.41) is 6.97. The maximum absolute atomic E-state index is 5.53. The molecule has 2 aromatic rings. The quantitative estimate of drug-likeness (QED) is 0.861. The van der Waals surface area contributed by atoms with Gasteiger partial charge in [-0.25, -0.2) is 4.98 Å². The molecule has 0 bridgehead atoms. The Hall–Kier alpha value is -2.34. The molecule has 1 aromatic carbocycles. The molecule has 2 fully saturated rings. The van der Waals surface area contributed by atoms with Crippen LogP contribution in [0.5, 0.6) is 0 Å². The molecule has 0 radical (unpaired) electrons. The largest absolute Gasteiger partial charge is 0.379 e. The first-order valence-electron chi connectivity index (χ1n) is 9.61. The number of nitrogens with one attached hydrogen (secondary N) is 2. The van der Waals surface area contributed by atoms with Crippen molar-refractivity contribution >= 4 is 17.5 Å². The zero-order valence-electron chi connectivity index (χ0n) is 15.1. The average molecular weight is 353 g/mol. The van der Waals surface area contributed by atoms with Gasteiger partial charge >= 0.3 is 0 Å². The van der Waals surface area contributed by atoms with Crippen LogP contribution in [0.2, 0.25) is 0 Å². The van der Waals surface area contributed by atoms with E-state index in [0.717, 1.165) is 57.8 Å². The van der Waals surface area contributed by atoms with E-state index < -0.39 is 0 Å². The summed E-state index contributed by atoms with van der Waals surface area (Å²) < 4.78 is 5.53. The highest BCUT2D eigenvalue weighted by Crippen LogP contribution is 2.21. The Balaban J connectivity index is 1.30. The molecule has 0 amide bonds. The van der Waals surface area contributed by atoms with Crippen molar-refractivity contribution in [3.63, 3.8) is 0 Å². The van der Waals surface area contributed by atoms with Crippen molar-refractivity contribution in [1.82, 2.24) is 9.97 Å². The summed E-state index contributed by atoms with van der Waals surface area (Å²) in [6.45, 7) is 3.74. The van der Waals surface area contributed by atoms with Crippen LogP contribution in [0.1, 0.15) is 25.7 Å². The fourth-order valence-electron chi connectivity index (χ4n) is 3.68. The predicted octanol–water partition coefficient (Wildman–Crippen LogP) is 3.15. The van der Waals surface area contributed by atoms with Crippen LogP contribution in [0, 0.1) is 0 Å². The fourth-order valence-corrected chi connectivity index (χ4v) is 3.68. The lowest BCUT2D eigenvalue weighted by molar-refractivity contribution is 0.0875. The van der Waals surface area contributed by atoms with Crippen LogP contribution in [0.4, 0.5) is 17.5 Å². The second kappa shape index (κ2) is 8.36. The van der Waals surface area contributed by atoms with E-state index in [1.807, 2.05) is 12.3 Å². The Labute approximate surface area is 155 Å². The molecule has 1 aromatic heterocycles. The van der Waals surface area contributed by atoms with Gasteiger partial charge in [0.1, 0.15) is 5.82 Å². The van der Waals surface area contributed by atoms with E-state index in [1.165, 1.54) is 5.69 Å². The number of nitrogens with zero attached hydrogens (tertiary/aromatic N) is 3. The van der Waals surface area contributed by atoms with Gasteiger partial charge in [-0.1, -0.05) is 18.2 Å². The number of hydrogen-bond donors (Lipinski definition) is 2. The molecule has 2 aliphatic heterocycles. The molecule has 26 heavy (non-hydrogen) atoms. The van der Waals surface area contributed by atoms with E-state index >= 15 is 0 Å². The van der Waals surface area contributed by atoms with Crippen LogP contribution >= 0.6 is 0 Å². The Morgan fingerprint density at radius 1 is 0.962 bits per heavy atom. The van der Waals surface area contributed by atoms with Gasteiger partial charge in [0, 0.05) is 37.6 Å². The Bertz CT molecular complexity index is 682. The second-order valence-corrected chi connectivity index (χ2v) is 7.07. The lowest BCUT2D eigenvalue weighted by Gasteiger charge is -2.34. The van der Waals surface area contributed by atoms with E-state index in [1.54, 1.807) is 0 Å². The molecule has 138 valence electrons. The van der Waals surface area contributed by atoms with E-state index in [4.69, 9.17) is 4.74 Å². The van der Waals surface area contributed by atoms with Crippen LogP contribution in [-0.4, -0.2) is 48.4 Å². The van der Waals surface area contributed by atoms with E-state index in [0.29, 0.717) is 18.0 Å². The summed E-state index contributed by atoms with van der Waals surface area (Å²) in [5.41, 5.74) is 1.31. The number of aromatic nitrogens is 2. The first-order chi connectivity index (χ1) is 12.9. The molecular weight excluding hydrogens is 326 g/mol. The molecule has 2 N–H and O–H groups in total. The highest BCUT2D eigenvalue weighted by Gasteiger charge is 2.20. The minimum atomic E-state index is 0.348. The minimum absolute atomic E-state index is 0.348. The van der Waals surface area contributed by atoms with Crippen molar-refractivity contribution in [2.75, 3.05) is 41.8 Å². The van der Waals surface area contributed by atoms with Crippen LogP contribution in [-0.2, 0) is 4.74 Å². The molecule has 2 aliphatic rings. The molecule has 6 heteroatoms. The maximum atomic E-state index is 5.53. The number of rotatable bonds is 5.